The summed E-state index contributed by atoms with van der Waals surface area (Å²) in [4.78, 5) is 86.2. The average Bonchev–Trinajstić information content (AvgIpc) is 3.77. The fourth-order valence-corrected chi connectivity index (χ4v) is 7.42. The second-order valence-electron chi connectivity index (χ2n) is 14.0. The van der Waals surface area contributed by atoms with Crippen molar-refractivity contribution in [3.05, 3.63) is 64.7 Å². The van der Waals surface area contributed by atoms with Crippen LogP contribution in [-0.2, 0) is 37.4 Å². The number of carbonyl (C=O) groups excluding carboxylic acids is 5. The third-order valence-corrected chi connectivity index (χ3v) is 10.00. The van der Waals surface area contributed by atoms with E-state index in [0.29, 0.717) is 36.4 Å². The van der Waals surface area contributed by atoms with Gasteiger partial charge in [0.05, 0.1) is 12.1 Å². The van der Waals surface area contributed by atoms with Gasteiger partial charge in [0.15, 0.2) is 5.65 Å². The van der Waals surface area contributed by atoms with E-state index in [9.17, 15) is 33.9 Å². The van der Waals surface area contributed by atoms with Crippen LogP contribution in [0.1, 0.15) is 71.5 Å². The lowest BCUT2D eigenvalue weighted by atomic mass is 10.1. The predicted octanol–water partition coefficient (Wildman–Crippen LogP) is 1.22. The maximum Gasteiger partial charge on any atom is 0.326 e. The first-order valence-electron chi connectivity index (χ1n) is 17.9. The van der Waals surface area contributed by atoms with Gasteiger partial charge in [-0.3, -0.25) is 24.0 Å². The van der Waals surface area contributed by atoms with Crippen LogP contribution in [-0.4, -0.2) is 102 Å². The molecular weight excluding hydrogens is 682 g/mol. The van der Waals surface area contributed by atoms with Gasteiger partial charge in [0.2, 0.25) is 23.6 Å². The summed E-state index contributed by atoms with van der Waals surface area (Å²) in [6.07, 6.45) is 2.79. The fraction of sp³-hybridized carbons (Fsp3) is 0.459. The molecule has 0 radical (unpaired) electrons. The standard InChI is InChI=1S/C37H45N9O7/c1-20-15-21(2)46-33(39-20)32(22(3)43-46)35(50)40-24-17-29-34(49)42-27(37(52)53)12-13-30(47)38-14-8-7-10-26(36(51)45(29)19-24)41-31(48)16-23-18-44(4)28-11-6-5-9-25(23)28/h5-6,9,11,15,18,24,26-27,29H,7-8,10,12-14,16-17,19H2,1-4H3,(H,38,47)(H,40,50)(H,41,48)(H,42,49)(H,52,53)/t24-,26+,27+,29+/m1/s1. The van der Waals surface area contributed by atoms with E-state index >= 15 is 0 Å². The minimum Gasteiger partial charge on any atom is -0.480 e. The molecule has 1 aromatic carbocycles. The van der Waals surface area contributed by atoms with Crippen molar-refractivity contribution in [2.45, 2.75) is 89.9 Å². The SMILES string of the molecule is Cc1cc(C)n2nc(C)c(C(=O)N[C@@H]3C[C@H]4C(=O)N[C@H](C(=O)O)CCC(=O)NCCCC[C@H](NC(=O)Cc5cn(C)c6ccccc56)C(=O)N4C3)c2n1. The number of para-hydroxylation sites is 1. The van der Waals surface area contributed by atoms with Gasteiger partial charge in [-0.05, 0) is 70.6 Å². The number of hydrogen-bond donors (Lipinski definition) is 5. The van der Waals surface area contributed by atoms with Crippen molar-refractivity contribution in [1.29, 1.82) is 0 Å². The van der Waals surface area contributed by atoms with Crippen molar-refractivity contribution in [1.82, 2.24) is 45.3 Å². The van der Waals surface area contributed by atoms with Crippen molar-refractivity contribution in [2.24, 2.45) is 7.05 Å². The Kier molecular flexibility index (Phi) is 10.8. The van der Waals surface area contributed by atoms with Gasteiger partial charge in [0.1, 0.15) is 23.7 Å². The Morgan fingerprint density at radius 2 is 1.81 bits per heavy atom. The minimum absolute atomic E-state index is 0.00999. The number of aliphatic carboxylic acids is 1. The topological polar surface area (TPSA) is 209 Å². The average molecular weight is 728 g/mol. The third kappa shape index (κ3) is 8.00. The summed E-state index contributed by atoms with van der Waals surface area (Å²) in [7, 11) is 1.89. The zero-order valence-corrected chi connectivity index (χ0v) is 30.3. The van der Waals surface area contributed by atoms with E-state index in [0.717, 1.165) is 22.2 Å². The van der Waals surface area contributed by atoms with Crippen LogP contribution >= 0.6 is 0 Å². The Hall–Kier alpha value is -5.80. The first kappa shape index (κ1) is 37.0. The molecule has 0 bridgehead atoms. The molecule has 2 aliphatic rings. The Morgan fingerprint density at radius 1 is 1.04 bits per heavy atom. The normalized spacial score (nSPS) is 21.7. The van der Waals surface area contributed by atoms with E-state index in [1.54, 1.807) is 11.4 Å². The lowest BCUT2D eigenvalue weighted by Gasteiger charge is -2.29. The number of hydrogen-bond acceptors (Lipinski definition) is 8. The number of rotatable bonds is 6. The Balaban J connectivity index is 1.28. The second kappa shape index (κ2) is 15.4. The molecule has 4 aromatic rings. The Morgan fingerprint density at radius 3 is 2.58 bits per heavy atom. The van der Waals surface area contributed by atoms with E-state index < -0.39 is 47.9 Å². The minimum atomic E-state index is -1.39. The molecule has 5 N–H and O–H groups in total. The molecule has 280 valence electrons. The number of amides is 5. The summed E-state index contributed by atoms with van der Waals surface area (Å²) in [5.41, 5.74) is 4.34. The van der Waals surface area contributed by atoms with Gasteiger partial charge in [0.25, 0.3) is 5.91 Å². The number of carbonyl (C=O) groups is 6. The van der Waals surface area contributed by atoms with Gasteiger partial charge in [-0.2, -0.15) is 5.10 Å². The van der Waals surface area contributed by atoms with Crippen LogP contribution in [0.2, 0.25) is 0 Å². The van der Waals surface area contributed by atoms with Gasteiger partial charge < -0.3 is 35.8 Å². The highest BCUT2D eigenvalue weighted by Crippen LogP contribution is 2.25. The molecular formula is C37H45N9O7. The molecule has 5 heterocycles. The summed E-state index contributed by atoms with van der Waals surface area (Å²) in [5, 5.41) is 26.4. The first-order valence-corrected chi connectivity index (χ1v) is 17.9. The molecule has 0 spiro atoms. The monoisotopic (exact) mass is 727 g/mol. The predicted molar refractivity (Wildman–Crippen MR) is 193 cm³/mol. The maximum absolute atomic E-state index is 14.5. The molecule has 0 unspecified atom stereocenters. The van der Waals surface area contributed by atoms with E-state index in [1.807, 2.05) is 62.0 Å². The molecule has 0 saturated carbocycles. The number of nitrogens with one attached hydrogen (secondary N) is 4. The van der Waals surface area contributed by atoms with Gasteiger partial charge in [0, 0.05) is 61.1 Å². The van der Waals surface area contributed by atoms with Crippen molar-refractivity contribution in [2.75, 3.05) is 13.1 Å². The molecule has 0 aliphatic carbocycles. The highest BCUT2D eigenvalue weighted by atomic mass is 16.4. The highest BCUT2D eigenvalue weighted by molar-refractivity contribution is 6.01. The zero-order valence-electron chi connectivity index (χ0n) is 30.3. The van der Waals surface area contributed by atoms with E-state index in [1.165, 1.54) is 4.90 Å². The van der Waals surface area contributed by atoms with Crippen molar-refractivity contribution >= 4 is 52.1 Å². The zero-order chi connectivity index (χ0) is 38.0. The number of carboxylic acids is 1. The molecule has 2 aliphatic heterocycles. The van der Waals surface area contributed by atoms with Crippen LogP contribution in [0.4, 0.5) is 0 Å². The molecule has 4 atom stereocenters. The van der Waals surface area contributed by atoms with Crippen molar-refractivity contribution < 1.29 is 33.9 Å². The summed E-state index contributed by atoms with van der Waals surface area (Å²) in [5.74, 6) is -3.81. The Bertz CT molecular complexity index is 2100. The molecule has 6 rings (SSSR count). The van der Waals surface area contributed by atoms with E-state index in [2.05, 4.69) is 31.3 Å². The smallest absolute Gasteiger partial charge is 0.326 e. The van der Waals surface area contributed by atoms with Crippen LogP contribution < -0.4 is 21.3 Å². The van der Waals surface area contributed by atoms with Gasteiger partial charge in [-0.15, -0.1) is 0 Å². The molecule has 53 heavy (non-hydrogen) atoms. The highest BCUT2D eigenvalue weighted by Gasteiger charge is 2.43. The first-order chi connectivity index (χ1) is 25.3. The van der Waals surface area contributed by atoms with Crippen LogP contribution in [0.3, 0.4) is 0 Å². The molecule has 2 fully saturated rings. The van der Waals surface area contributed by atoms with E-state index in [-0.39, 0.29) is 56.0 Å². The molecule has 3 aromatic heterocycles. The molecule has 5 amide bonds. The number of fused-ring (bicyclic) bond motifs is 3. The summed E-state index contributed by atoms with van der Waals surface area (Å²) < 4.78 is 3.52. The number of carboxylic acid groups (broad SMARTS) is 1. The van der Waals surface area contributed by atoms with E-state index in [4.69, 9.17) is 0 Å². The van der Waals surface area contributed by atoms with Crippen molar-refractivity contribution in [3.63, 3.8) is 0 Å². The van der Waals surface area contributed by atoms with Crippen molar-refractivity contribution in [3.8, 4) is 0 Å². The van der Waals surface area contributed by atoms with Gasteiger partial charge >= 0.3 is 5.97 Å². The quantitative estimate of drug-likeness (QED) is 0.193. The van der Waals surface area contributed by atoms with Crippen LogP contribution in [0.5, 0.6) is 0 Å². The van der Waals surface area contributed by atoms with Gasteiger partial charge in [-0.25, -0.2) is 14.3 Å². The molecule has 16 heteroatoms. The second-order valence-corrected chi connectivity index (χ2v) is 14.0. The molecule has 16 nitrogen and oxygen atoms in total. The Labute approximate surface area is 305 Å². The number of benzene rings is 1. The lowest BCUT2D eigenvalue weighted by molar-refractivity contribution is -0.145. The largest absolute Gasteiger partial charge is 0.480 e. The maximum atomic E-state index is 14.5. The van der Waals surface area contributed by atoms with Crippen LogP contribution in [0, 0.1) is 20.8 Å². The number of nitrogens with zero attached hydrogens (tertiary/aromatic N) is 5. The van der Waals surface area contributed by atoms with Gasteiger partial charge in [-0.1, -0.05) is 18.2 Å². The fourth-order valence-electron chi connectivity index (χ4n) is 7.42. The third-order valence-electron chi connectivity index (χ3n) is 10.00. The lowest BCUT2D eigenvalue weighted by Crippen LogP contribution is -2.55. The summed E-state index contributed by atoms with van der Waals surface area (Å²) in [6, 6.07) is 5.25. The van der Waals surface area contributed by atoms with Crippen LogP contribution in [0.15, 0.2) is 36.5 Å². The molecule has 2 saturated heterocycles. The summed E-state index contributed by atoms with van der Waals surface area (Å²) >= 11 is 0. The number of aromatic nitrogens is 4. The van der Waals surface area contributed by atoms with Crippen LogP contribution in [0.25, 0.3) is 16.6 Å². The summed E-state index contributed by atoms with van der Waals surface area (Å²) in [6.45, 7) is 5.60. The number of aryl methyl sites for hydroxylation is 4.